The minimum absolute atomic E-state index is 0. The van der Waals surface area contributed by atoms with E-state index >= 15 is 0 Å². The molecule has 0 aromatic heterocycles. The van der Waals surface area contributed by atoms with Crippen LogP contribution in [0.1, 0.15) is 17.5 Å². The lowest BCUT2D eigenvalue weighted by Gasteiger charge is -2.29. The van der Waals surface area contributed by atoms with E-state index in [0.29, 0.717) is 19.0 Å². The number of imide groups is 1. The van der Waals surface area contributed by atoms with Crippen LogP contribution in [-0.2, 0) is 22.6 Å². The molecule has 8 heteroatoms. The lowest BCUT2D eigenvalue weighted by molar-refractivity contribution is -0.140. The zero-order chi connectivity index (χ0) is 21.4. The lowest BCUT2D eigenvalue weighted by atomic mass is 9.85. The summed E-state index contributed by atoms with van der Waals surface area (Å²) in [7, 11) is 1.74. The predicted octanol–water partition coefficient (Wildman–Crippen LogP) is 1.63. The molecule has 0 spiro atoms. The molecule has 2 aliphatic carbocycles. The van der Waals surface area contributed by atoms with Crippen LogP contribution in [-0.4, -0.2) is 67.3 Å². The highest BCUT2D eigenvalue weighted by molar-refractivity contribution is 14.0. The SMILES string of the molecule is CN=C(NCCN1CCc2ccccc2C1)NCCN1C(=O)C2C3C=CC(C3)C2C1=O.I. The number of fused-ring (bicyclic) bond motifs is 6. The smallest absolute Gasteiger partial charge is 0.233 e. The van der Waals surface area contributed by atoms with Gasteiger partial charge >= 0.3 is 0 Å². The number of likely N-dealkylation sites (tertiary alicyclic amines) is 1. The number of nitrogens with zero attached hydrogens (tertiary/aromatic N) is 3. The van der Waals surface area contributed by atoms with E-state index in [1.165, 1.54) is 16.0 Å². The molecule has 5 rings (SSSR count). The summed E-state index contributed by atoms with van der Waals surface area (Å²) in [6.07, 6.45) is 6.33. The van der Waals surface area contributed by atoms with Crippen LogP contribution in [0.2, 0.25) is 0 Å². The summed E-state index contributed by atoms with van der Waals surface area (Å²) in [5, 5.41) is 6.60. The van der Waals surface area contributed by atoms with Gasteiger partial charge in [-0.15, -0.1) is 24.0 Å². The van der Waals surface area contributed by atoms with Gasteiger partial charge in [-0.25, -0.2) is 0 Å². The predicted molar refractivity (Wildman–Crippen MR) is 135 cm³/mol. The van der Waals surface area contributed by atoms with Crippen molar-refractivity contribution < 1.29 is 9.59 Å². The van der Waals surface area contributed by atoms with Crippen molar-refractivity contribution in [3.8, 4) is 0 Å². The molecule has 32 heavy (non-hydrogen) atoms. The Labute approximate surface area is 206 Å². The van der Waals surface area contributed by atoms with Gasteiger partial charge in [0.1, 0.15) is 0 Å². The molecule has 1 aromatic rings. The molecule has 2 bridgehead atoms. The van der Waals surface area contributed by atoms with Crippen LogP contribution in [0, 0.1) is 23.7 Å². The maximum absolute atomic E-state index is 12.8. The van der Waals surface area contributed by atoms with Crippen molar-refractivity contribution in [1.29, 1.82) is 0 Å². The van der Waals surface area contributed by atoms with Gasteiger partial charge in [-0.3, -0.25) is 24.4 Å². The molecule has 0 radical (unpaired) electrons. The van der Waals surface area contributed by atoms with Gasteiger partial charge in [-0.2, -0.15) is 0 Å². The maximum Gasteiger partial charge on any atom is 0.233 e. The average Bonchev–Trinajstić information content (AvgIpc) is 3.47. The Hall–Kier alpha value is -1.94. The minimum Gasteiger partial charge on any atom is -0.355 e. The van der Waals surface area contributed by atoms with Crippen molar-refractivity contribution in [3.63, 3.8) is 0 Å². The molecular formula is C24H32IN5O2. The minimum atomic E-state index is -0.116. The van der Waals surface area contributed by atoms with Crippen molar-refractivity contribution >= 4 is 41.8 Å². The highest BCUT2D eigenvalue weighted by atomic mass is 127. The van der Waals surface area contributed by atoms with E-state index < -0.39 is 0 Å². The summed E-state index contributed by atoms with van der Waals surface area (Å²) in [5.74, 6) is 1.03. The van der Waals surface area contributed by atoms with Gasteiger partial charge in [0.2, 0.25) is 11.8 Å². The highest BCUT2D eigenvalue weighted by Gasteiger charge is 2.58. The summed E-state index contributed by atoms with van der Waals surface area (Å²) in [5.41, 5.74) is 2.88. The zero-order valence-corrected chi connectivity index (χ0v) is 20.8. The van der Waals surface area contributed by atoms with Crippen LogP contribution >= 0.6 is 24.0 Å². The first-order chi connectivity index (χ1) is 15.2. The van der Waals surface area contributed by atoms with Crippen LogP contribution < -0.4 is 10.6 Å². The maximum atomic E-state index is 12.8. The van der Waals surface area contributed by atoms with Gasteiger partial charge in [-0.1, -0.05) is 36.4 Å². The molecule has 4 unspecified atom stereocenters. The molecule has 4 aliphatic rings. The van der Waals surface area contributed by atoms with E-state index in [1.807, 2.05) is 0 Å². The van der Waals surface area contributed by atoms with Crippen LogP contribution in [0.25, 0.3) is 0 Å². The summed E-state index contributed by atoms with van der Waals surface area (Å²) >= 11 is 0. The molecule has 4 atom stereocenters. The molecule has 2 heterocycles. The van der Waals surface area contributed by atoms with Gasteiger partial charge in [0, 0.05) is 46.3 Å². The number of allylic oxidation sites excluding steroid dienone is 2. The molecule has 2 N–H and O–H groups in total. The Kier molecular flexibility index (Phi) is 7.19. The Bertz CT molecular complexity index is 903. The van der Waals surface area contributed by atoms with Crippen molar-refractivity contribution in [1.82, 2.24) is 20.4 Å². The normalized spacial score (nSPS) is 28.5. The molecule has 172 valence electrons. The Morgan fingerprint density at radius 3 is 2.28 bits per heavy atom. The van der Waals surface area contributed by atoms with Gasteiger partial charge in [0.05, 0.1) is 11.8 Å². The van der Waals surface area contributed by atoms with E-state index in [2.05, 4.69) is 56.9 Å². The van der Waals surface area contributed by atoms with Crippen LogP contribution in [0.5, 0.6) is 0 Å². The Morgan fingerprint density at radius 1 is 1.00 bits per heavy atom. The first-order valence-corrected chi connectivity index (χ1v) is 11.4. The van der Waals surface area contributed by atoms with Crippen molar-refractivity contribution in [2.24, 2.45) is 28.7 Å². The number of nitrogens with one attached hydrogen (secondary N) is 2. The topological polar surface area (TPSA) is 77.0 Å². The summed E-state index contributed by atoms with van der Waals surface area (Å²) < 4.78 is 0. The zero-order valence-electron chi connectivity index (χ0n) is 18.5. The lowest BCUT2D eigenvalue weighted by Crippen LogP contribution is -2.45. The van der Waals surface area contributed by atoms with E-state index in [4.69, 9.17) is 0 Å². The number of hydrogen-bond acceptors (Lipinski definition) is 4. The van der Waals surface area contributed by atoms with Gasteiger partial charge in [0.25, 0.3) is 0 Å². The second kappa shape index (κ2) is 9.91. The average molecular weight is 549 g/mol. The third-order valence-electron chi connectivity index (χ3n) is 7.34. The first-order valence-electron chi connectivity index (χ1n) is 11.4. The molecule has 7 nitrogen and oxygen atoms in total. The second-order valence-electron chi connectivity index (χ2n) is 9.05. The van der Waals surface area contributed by atoms with E-state index in [0.717, 1.165) is 39.0 Å². The number of amides is 2. The van der Waals surface area contributed by atoms with Gasteiger partial charge < -0.3 is 10.6 Å². The van der Waals surface area contributed by atoms with Crippen LogP contribution in [0.15, 0.2) is 41.4 Å². The van der Waals surface area contributed by atoms with Crippen molar-refractivity contribution in [3.05, 3.63) is 47.5 Å². The standard InChI is InChI=1S/C24H31N5O2.HI/c1-25-24(26-9-12-28-11-8-16-4-2-3-5-19(16)15-28)27-10-13-29-22(30)20-17-6-7-18(14-17)21(20)23(29)31;/h2-7,17-18,20-21H,8-15H2,1H3,(H2,25,26,27);1H. The molecular weight excluding hydrogens is 517 g/mol. The van der Waals surface area contributed by atoms with Crippen molar-refractivity contribution in [2.75, 3.05) is 39.8 Å². The second-order valence-corrected chi connectivity index (χ2v) is 9.05. The highest BCUT2D eigenvalue weighted by Crippen LogP contribution is 2.52. The molecule has 2 fully saturated rings. The monoisotopic (exact) mass is 549 g/mol. The van der Waals surface area contributed by atoms with Gasteiger partial charge in [0.15, 0.2) is 5.96 Å². The number of guanidine groups is 1. The summed E-state index contributed by atoms with van der Waals surface area (Å²) in [6.45, 7) is 4.70. The molecule has 1 saturated carbocycles. The molecule has 1 aromatic carbocycles. The fourth-order valence-electron chi connectivity index (χ4n) is 5.77. The largest absolute Gasteiger partial charge is 0.355 e. The quantitative estimate of drug-likeness (QED) is 0.186. The van der Waals surface area contributed by atoms with Crippen LogP contribution in [0.3, 0.4) is 0 Å². The number of halogens is 1. The summed E-state index contributed by atoms with van der Waals surface area (Å²) in [6, 6.07) is 8.66. The summed E-state index contributed by atoms with van der Waals surface area (Å²) in [4.78, 5) is 33.7. The van der Waals surface area contributed by atoms with E-state index in [9.17, 15) is 9.59 Å². The fraction of sp³-hybridized carbons (Fsp3) is 0.542. The van der Waals surface area contributed by atoms with E-state index in [-0.39, 0.29) is 59.5 Å². The third kappa shape index (κ3) is 4.31. The number of benzene rings is 1. The van der Waals surface area contributed by atoms with Crippen molar-refractivity contribution in [2.45, 2.75) is 19.4 Å². The third-order valence-corrected chi connectivity index (χ3v) is 7.34. The fourth-order valence-corrected chi connectivity index (χ4v) is 5.77. The number of rotatable bonds is 6. The number of carbonyl (C=O) groups is 2. The van der Waals surface area contributed by atoms with Crippen LogP contribution in [0.4, 0.5) is 0 Å². The Morgan fingerprint density at radius 2 is 1.62 bits per heavy atom. The number of hydrogen-bond donors (Lipinski definition) is 2. The Balaban J connectivity index is 0.00000245. The first kappa shape index (κ1) is 23.2. The molecule has 2 aliphatic heterocycles. The number of aliphatic imine (C=N–C) groups is 1. The number of carbonyl (C=O) groups excluding carboxylic acids is 2. The van der Waals surface area contributed by atoms with Gasteiger partial charge in [-0.05, 0) is 35.8 Å². The molecule has 2 amide bonds. The molecule has 1 saturated heterocycles. The van der Waals surface area contributed by atoms with E-state index in [1.54, 1.807) is 7.05 Å².